The number of anilines is 1. The van der Waals surface area contributed by atoms with Crippen LogP contribution in [0.4, 0.5) is 5.13 Å². The van der Waals surface area contributed by atoms with Crippen molar-refractivity contribution in [2.75, 3.05) is 11.4 Å². The highest BCUT2D eigenvalue weighted by Crippen LogP contribution is 2.29. The van der Waals surface area contributed by atoms with Gasteiger partial charge >= 0.3 is 0 Å². The van der Waals surface area contributed by atoms with Gasteiger partial charge in [0, 0.05) is 24.6 Å². The Bertz CT molecular complexity index is 916. The van der Waals surface area contributed by atoms with Crippen LogP contribution in [0.5, 0.6) is 0 Å². The zero-order valence-corrected chi connectivity index (χ0v) is 17.0. The van der Waals surface area contributed by atoms with Crippen molar-refractivity contribution in [3.05, 3.63) is 45.4 Å². The van der Waals surface area contributed by atoms with E-state index >= 15 is 0 Å². The number of thioether (sulfide) groups is 1. The predicted octanol–water partition coefficient (Wildman–Crippen LogP) is 4.78. The number of carbonyl (C=O) groups excluding carboxylic acids is 1. The Morgan fingerprint density at radius 1 is 1.36 bits per heavy atom. The molecule has 0 aliphatic heterocycles. The van der Waals surface area contributed by atoms with Gasteiger partial charge in [-0.1, -0.05) is 41.3 Å². The van der Waals surface area contributed by atoms with Crippen molar-refractivity contribution >= 4 is 57.7 Å². The van der Waals surface area contributed by atoms with Crippen molar-refractivity contribution in [3.63, 3.8) is 0 Å². The van der Waals surface area contributed by atoms with Crippen molar-refractivity contribution < 1.29 is 4.79 Å². The molecule has 0 radical (unpaired) electrons. The number of para-hydroxylation sites is 1. The molecule has 25 heavy (non-hydrogen) atoms. The van der Waals surface area contributed by atoms with Crippen LogP contribution >= 0.6 is 46.7 Å². The molecule has 0 spiro atoms. The zero-order valence-electron chi connectivity index (χ0n) is 13.7. The highest BCUT2D eigenvalue weighted by molar-refractivity contribution is 8.00. The quantitative estimate of drug-likeness (QED) is 0.434. The first kappa shape index (κ1) is 18.2. The van der Waals surface area contributed by atoms with Crippen LogP contribution in [0.1, 0.15) is 19.5 Å². The van der Waals surface area contributed by atoms with E-state index in [9.17, 15) is 4.79 Å². The third kappa shape index (κ3) is 4.35. The van der Waals surface area contributed by atoms with Gasteiger partial charge in [-0.05, 0) is 31.3 Å². The minimum atomic E-state index is 0.00984. The van der Waals surface area contributed by atoms with Crippen molar-refractivity contribution in [1.82, 2.24) is 14.8 Å². The SMILES string of the molecule is CCN(C(C)=O)c1nc(CSc2nn(-c3ccccc3)c(=S)s2)cs1. The van der Waals surface area contributed by atoms with Crippen molar-refractivity contribution in [3.8, 4) is 5.69 Å². The Morgan fingerprint density at radius 3 is 2.80 bits per heavy atom. The Labute approximate surface area is 163 Å². The van der Waals surface area contributed by atoms with Crippen LogP contribution in [-0.4, -0.2) is 27.2 Å². The predicted molar refractivity (Wildman–Crippen MR) is 108 cm³/mol. The molecule has 1 amide bonds. The fourth-order valence-electron chi connectivity index (χ4n) is 2.17. The van der Waals surface area contributed by atoms with E-state index in [-0.39, 0.29) is 5.91 Å². The van der Waals surface area contributed by atoms with Crippen LogP contribution in [0.3, 0.4) is 0 Å². The second-order valence-electron chi connectivity index (χ2n) is 5.05. The van der Waals surface area contributed by atoms with Gasteiger partial charge < -0.3 is 0 Å². The second-order valence-corrected chi connectivity index (χ2v) is 8.74. The minimum Gasteiger partial charge on any atom is -0.289 e. The van der Waals surface area contributed by atoms with Gasteiger partial charge in [-0.25, -0.2) is 9.67 Å². The van der Waals surface area contributed by atoms with Crippen LogP contribution in [-0.2, 0) is 10.5 Å². The smallest absolute Gasteiger partial charge is 0.225 e. The molecule has 0 unspecified atom stereocenters. The topological polar surface area (TPSA) is 51.0 Å². The van der Waals surface area contributed by atoms with E-state index in [1.807, 2.05) is 42.6 Å². The highest BCUT2D eigenvalue weighted by atomic mass is 32.2. The summed E-state index contributed by atoms with van der Waals surface area (Å²) in [5.74, 6) is 0.707. The number of thiazole rings is 1. The first-order chi connectivity index (χ1) is 12.1. The Hall–Kier alpha value is -1.55. The molecule has 3 rings (SSSR count). The molecule has 0 N–H and O–H groups in total. The Kier molecular flexibility index (Phi) is 6.00. The summed E-state index contributed by atoms with van der Waals surface area (Å²) in [5, 5.41) is 7.32. The molecule has 2 heterocycles. The van der Waals surface area contributed by atoms with Crippen molar-refractivity contribution in [2.45, 2.75) is 23.9 Å². The van der Waals surface area contributed by atoms with Crippen LogP contribution < -0.4 is 4.90 Å². The lowest BCUT2D eigenvalue weighted by molar-refractivity contribution is -0.116. The summed E-state index contributed by atoms with van der Waals surface area (Å²) in [6.07, 6.45) is 0. The number of carbonyl (C=O) groups is 1. The summed E-state index contributed by atoms with van der Waals surface area (Å²) in [6, 6.07) is 9.87. The Morgan fingerprint density at radius 2 is 2.12 bits per heavy atom. The van der Waals surface area contributed by atoms with E-state index in [4.69, 9.17) is 12.2 Å². The van der Waals surface area contributed by atoms with Gasteiger partial charge in [0.05, 0.1) is 11.4 Å². The van der Waals surface area contributed by atoms with Gasteiger partial charge in [-0.15, -0.1) is 16.4 Å². The zero-order chi connectivity index (χ0) is 17.8. The Balaban J connectivity index is 1.70. The summed E-state index contributed by atoms with van der Waals surface area (Å²) < 4.78 is 3.41. The van der Waals surface area contributed by atoms with Crippen molar-refractivity contribution in [1.29, 1.82) is 0 Å². The minimum absolute atomic E-state index is 0.00984. The molecule has 9 heteroatoms. The lowest BCUT2D eigenvalue weighted by Gasteiger charge is -2.14. The molecule has 0 bridgehead atoms. The third-order valence-electron chi connectivity index (χ3n) is 3.34. The van der Waals surface area contributed by atoms with Gasteiger partial charge in [0.2, 0.25) is 5.91 Å². The normalized spacial score (nSPS) is 10.8. The van der Waals surface area contributed by atoms with E-state index < -0.39 is 0 Å². The molecule has 0 fully saturated rings. The molecule has 2 aromatic heterocycles. The lowest BCUT2D eigenvalue weighted by Crippen LogP contribution is -2.27. The maximum Gasteiger partial charge on any atom is 0.225 e. The molecule has 3 aromatic rings. The fraction of sp³-hybridized carbons (Fsp3) is 0.250. The van der Waals surface area contributed by atoms with E-state index in [0.29, 0.717) is 12.3 Å². The third-order valence-corrected chi connectivity index (χ3v) is 6.65. The monoisotopic (exact) mass is 408 g/mol. The number of amides is 1. The van der Waals surface area contributed by atoms with E-state index in [1.165, 1.54) is 22.7 Å². The van der Waals surface area contributed by atoms with Crippen molar-refractivity contribution in [2.24, 2.45) is 0 Å². The number of hydrogen-bond donors (Lipinski definition) is 0. The maximum absolute atomic E-state index is 11.6. The average Bonchev–Trinajstić information content (AvgIpc) is 3.21. The second kappa shape index (κ2) is 8.22. The van der Waals surface area contributed by atoms with E-state index in [2.05, 4.69) is 10.1 Å². The van der Waals surface area contributed by atoms with Crippen LogP contribution in [0, 0.1) is 3.95 Å². The summed E-state index contributed by atoms with van der Waals surface area (Å²) in [4.78, 5) is 17.8. The van der Waals surface area contributed by atoms with Gasteiger partial charge in [0.1, 0.15) is 0 Å². The molecule has 0 aliphatic rings. The molecule has 0 saturated heterocycles. The molecule has 5 nitrogen and oxygen atoms in total. The van der Waals surface area contributed by atoms with Crippen LogP contribution in [0.25, 0.3) is 5.69 Å². The van der Waals surface area contributed by atoms with Gasteiger partial charge in [0.15, 0.2) is 13.4 Å². The first-order valence-electron chi connectivity index (χ1n) is 7.59. The summed E-state index contributed by atoms with van der Waals surface area (Å²) >= 11 is 10.0. The number of rotatable bonds is 6. The highest BCUT2D eigenvalue weighted by Gasteiger charge is 2.14. The number of hydrogen-bond acceptors (Lipinski definition) is 7. The maximum atomic E-state index is 11.6. The summed E-state index contributed by atoms with van der Waals surface area (Å²) in [6.45, 7) is 4.13. The van der Waals surface area contributed by atoms with Crippen LogP contribution in [0.2, 0.25) is 0 Å². The number of benzene rings is 1. The first-order valence-corrected chi connectivity index (χ1v) is 10.7. The molecular weight excluding hydrogens is 392 g/mol. The standard InChI is InChI=1S/C16H16N4OS4/c1-3-19(11(2)21)14-17-12(9-23-14)10-24-15-18-20(16(22)25-15)13-7-5-4-6-8-13/h4-9H,3,10H2,1-2H3. The lowest BCUT2D eigenvalue weighted by atomic mass is 10.3. The fourth-order valence-corrected chi connectivity index (χ4v) is 5.46. The number of aromatic nitrogens is 3. The molecule has 130 valence electrons. The van der Waals surface area contributed by atoms with E-state index in [1.54, 1.807) is 28.3 Å². The van der Waals surface area contributed by atoms with Gasteiger partial charge in [0.25, 0.3) is 0 Å². The molecule has 0 aliphatic carbocycles. The van der Waals surface area contributed by atoms with Crippen LogP contribution in [0.15, 0.2) is 40.1 Å². The summed E-state index contributed by atoms with van der Waals surface area (Å²) in [5.41, 5.74) is 1.91. The largest absolute Gasteiger partial charge is 0.289 e. The molecule has 0 saturated carbocycles. The van der Waals surface area contributed by atoms with E-state index in [0.717, 1.165) is 24.8 Å². The number of nitrogens with zero attached hydrogens (tertiary/aromatic N) is 4. The molecule has 1 aromatic carbocycles. The molecule has 0 atom stereocenters. The van der Waals surface area contributed by atoms with Gasteiger partial charge in [-0.2, -0.15) is 0 Å². The van der Waals surface area contributed by atoms with Gasteiger partial charge in [-0.3, -0.25) is 9.69 Å². The average molecular weight is 409 g/mol. The molecular formula is C16H16N4OS4. The summed E-state index contributed by atoms with van der Waals surface area (Å²) in [7, 11) is 0.